The highest BCUT2D eigenvalue weighted by Crippen LogP contribution is 2.35. The topological polar surface area (TPSA) is 59.0 Å². The summed E-state index contributed by atoms with van der Waals surface area (Å²) in [5, 5.41) is 9.97. The number of esters is 1. The van der Waals surface area contributed by atoms with Crippen LogP contribution in [-0.2, 0) is 14.3 Å². The summed E-state index contributed by atoms with van der Waals surface area (Å²) in [6.07, 6.45) is 3.63. The van der Waals surface area contributed by atoms with Crippen LogP contribution in [0.15, 0.2) is 76.5 Å². The van der Waals surface area contributed by atoms with E-state index in [1.54, 1.807) is 28.7 Å². The van der Waals surface area contributed by atoms with Crippen molar-refractivity contribution in [3.05, 3.63) is 86.8 Å². The number of hydrogen-bond acceptors (Lipinski definition) is 6. The quantitative estimate of drug-likeness (QED) is 0.426. The standard InChI is InChI=1S/C22H18N2O3S2/c25-21(15-27-22(26)11-10-16-6-2-1-3-7-16)24-18(20-9-5-13-29-20)14-17(23-24)19-8-4-12-28-19/h1-13,18H,14-15H2/b11-10+. The van der Waals surface area contributed by atoms with Gasteiger partial charge in [-0.3, -0.25) is 4.79 Å². The second kappa shape index (κ2) is 8.98. The molecule has 0 N–H and O–H groups in total. The first-order valence-electron chi connectivity index (χ1n) is 9.07. The molecule has 3 heterocycles. The molecule has 1 amide bonds. The van der Waals surface area contributed by atoms with E-state index >= 15 is 0 Å². The summed E-state index contributed by atoms with van der Waals surface area (Å²) in [5.41, 5.74) is 1.76. The number of nitrogens with zero attached hydrogens (tertiary/aromatic N) is 2. The molecule has 1 aliphatic heterocycles. The number of carbonyl (C=O) groups is 2. The normalized spacial score (nSPS) is 16.2. The van der Waals surface area contributed by atoms with Crippen LogP contribution in [0.25, 0.3) is 6.08 Å². The fourth-order valence-corrected chi connectivity index (χ4v) is 4.54. The minimum atomic E-state index is -0.559. The minimum absolute atomic E-state index is 0.168. The lowest BCUT2D eigenvalue weighted by molar-refractivity contribution is -0.149. The lowest BCUT2D eigenvalue weighted by atomic mass is 10.1. The molecule has 1 aliphatic rings. The van der Waals surface area contributed by atoms with Gasteiger partial charge in [0.2, 0.25) is 0 Å². The van der Waals surface area contributed by atoms with Crippen LogP contribution in [0.2, 0.25) is 0 Å². The van der Waals surface area contributed by atoms with Gasteiger partial charge in [0.15, 0.2) is 6.61 Å². The van der Waals surface area contributed by atoms with E-state index in [2.05, 4.69) is 5.10 Å². The fraction of sp³-hybridized carbons (Fsp3) is 0.136. The molecular formula is C22H18N2O3S2. The van der Waals surface area contributed by atoms with Crippen molar-refractivity contribution in [2.45, 2.75) is 12.5 Å². The van der Waals surface area contributed by atoms with Crippen molar-refractivity contribution in [2.75, 3.05) is 6.61 Å². The van der Waals surface area contributed by atoms with Crippen molar-refractivity contribution >= 4 is 46.3 Å². The van der Waals surface area contributed by atoms with E-state index in [9.17, 15) is 9.59 Å². The Balaban J connectivity index is 1.42. The zero-order chi connectivity index (χ0) is 20.1. The molecule has 146 valence electrons. The Kier molecular flexibility index (Phi) is 5.97. The molecule has 0 aliphatic carbocycles. The van der Waals surface area contributed by atoms with Crippen LogP contribution < -0.4 is 0 Å². The van der Waals surface area contributed by atoms with Crippen molar-refractivity contribution in [3.63, 3.8) is 0 Å². The average Bonchev–Trinajstić information content (AvgIpc) is 3.51. The Morgan fingerprint density at radius 2 is 1.86 bits per heavy atom. The van der Waals surface area contributed by atoms with E-state index in [1.807, 2.05) is 65.4 Å². The van der Waals surface area contributed by atoms with Gasteiger partial charge in [0.25, 0.3) is 5.91 Å². The summed E-state index contributed by atoms with van der Waals surface area (Å²) in [4.78, 5) is 26.9. The highest BCUT2D eigenvalue weighted by Gasteiger charge is 2.34. The third-order valence-electron chi connectivity index (χ3n) is 4.39. The Morgan fingerprint density at radius 3 is 2.59 bits per heavy atom. The van der Waals surface area contributed by atoms with E-state index < -0.39 is 5.97 Å². The van der Waals surface area contributed by atoms with Crippen molar-refractivity contribution in [3.8, 4) is 0 Å². The molecule has 7 heteroatoms. The van der Waals surface area contributed by atoms with Crippen LogP contribution in [0.4, 0.5) is 0 Å². The third kappa shape index (κ3) is 4.70. The number of thiophene rings is 2. The van der Waals surface area contributed by atoms with Crippen molar-refractivity contribution < 1.29 is 14.3 Å². The van der Waals surface area contributed by atoms with E-state index in [0.717, 1.165) is 21.0 Å². The zero-order valence-corrected chi connectivity index (χ0v) is 17.1. The van der Waals surface area contributed by atoms with Gasteiger partial charge in [-0.2, -0.15) is 5.10 Å². The number of carbonyl (C=O) groups excluding carboxylic acids is 2. The van der Waals surface area contributed by atoms with Crippen LogP contribution in [0.5, 0.6) is 0 Å². The Hall–Kier alpha value is -3.03. The predicted molar refractivity (Wildman–Crippen MR) is 116 cm³/mol. The lowest BCUT2D eigenvalue weighted by Crippen LogP contribution is -2.30. The monoisotopic (exact) mass is 422 g/mol. The lowest BCUT2D eigenvalue weighted by Gasteiger charge is -2.20. The van der Waals surface area contributed by atoms with Gasteiger partial charge in [-0.25, -0.2) is 9.80 Å². The van der Waals surface area contributed by atoms with Crippen molar-refractivity contribution in [1.82, 2.24) is 5.01 Å². The maximum Gasteiger partial charge on any atom is 0.331 e. The molecule has 0 saturated heterocycles. The highest BCUT2D eigenvalue weighted by molar-refractivity contribution is 7.12. The molecule has 5 nitrogen and oxygen atoms in total. The summed E-state index contributed by atoms with van der Waals surface area (Å²) in [6.45, 7) is -0.346. The Morgan fingerprint density at radius 1 is 1.07 bits per heavy atom. The SMILES string of the molecule is O=C(/C=C/c1ccccc1)OCC(=O)N1N=C(c2cccs2)CC1c1cccs1. The largest absolute Gasteiger partial charge is 0.452 e. The maximum absolute atomic E-state index is 12.8. The molecule has 0 radical (unpaired) electrons. The number of ether oxygens (including phenoxy) is 1. The second-order valence-electron chi connectivity index (χ2n) is 6.35. The van der Waals surface area contributed by atoms with Crippen LogP contribution in [0.3, 0.4) is 0 Å². The van der Waals surface area contributed by atoms with Gasteiger partial charge in [0.1, 0.15) is 0 Å². The molecule has 0 spiro atoms. The Bertz CT molecular complexity index is 1030. The summed E-state index contributed by atoms with van der Waals surface area (Å²) in [7, 11) is 0. The molecule has 0 bridgehead atoms. The first kappa shape index (κ1) is 19.3. The number of hydrazone groups is 1. The summed E-state index contributed by atoms with van der Waals surface area (Å²) in [6, 6.07) is 17.2. The Labute approximate surface area is 176 Å². The first-order valence-corrected chi connectivity index (χ1v) is 10.8. The fourth-order valence-electron chi connectivity index (χ4n) is 3.01. The van der Waals surface area contributed by atoms with Gasteiger partial charge < -0.3 is 4.74 Å². The third-order valence-corrected chi connectivity index (χ3v) is 6.28. The van der Waals surface area contributed by atoms with Crippen LogP contribution in [0, 0.1) is 0 Å². The zero-order valence-electron chi connectivity index (χ0n) is 15.4. The predicted octanol–water partition coefficient (Wildman–Crippen LogP) is 4.74. The van der Waals surface area contributed by atoms with Gasteiger partial charge >= 0.3 is 5.97 Å². The van der Waals surface area contributed by atoms with Gasteiger partial charge in [0, 0.05) is 17.4 Å². The molecule has 3 aromatic rings. The summed E-state index contributed by atoms with van der Waals surface area (Å²) < 4.78 is 5.15. The summed E-state index contributed by atoms with van der Waals surface area (Å²) >= 11 is 3.18. The van der Waals surface area contributed by atoms with Crippen molar-refractivity contribution in [1.29, 1.82) is 0 Å². The van der Waals surface area contributed by atoms with Gasteiger partial charge in [-0.15, -0.1) is 22.7 Å². The van der Waals surface area contributed by atoms with Crippen LogP contribution in [-0.4, -0.2) is 29.2 Å². The van der Waals surface area contributed by atoms with E-state index in [0.29, 0.717) is 6.42 Å². The molecular weight excluding hydrogens is 404 g/mol. The van der Waals surface area contributed by atoms with Crippen LogP contribution in [0.1, 0.15) is 27.8 Å². The number of rotatable bonds is 6. The smallest absolute Gasteiger partial charge is 0.331 e. The first-order chi connectivity index (χ1) is 14.2. The minimum Gasteiger partial charge on any atom is -0.452 e. The second-order valence-corrected chi connectivity index (χ2v) is 8.28. The number of amides is 1. The van der Waals surface area contributed by atoms with E-state index in [-0.39, 0.29) is 18.6 Å². The molecule has 4 rings (SSSR count). The van der Waals surface area contributed by atoms with Gasteiger partial charge in [-0.1, -0.05) is 42.5 Å². The number of hydrogen-bond donors (Lipinski definition) is 0. The molecule has 1 atom stereocenters. The highest BCUT2D eigenvalue weighted by atomic mass is 32.1. The van der Waals surface area contributed by atoms with E-state index in [4.69, 9.17) is 4.74 Å². The van der Waals surface area contributed by atoms with Gasteiger partial charge in [0.05, 0.1) is 16.6 Å². The maximum atomic E-state index is 12.8. The molecule has 29 heavy (non-hydrogen) atoms. The van der Waals surface area contributed by atoms with E-state index in [1.165, 1.54) is 11.1 Å². The number of benzene rings is 1. The average molecular weight is 423 g/mol. The van der Waals surface area contributed by atoms with Crippen molar-refractivity contribution in [2.24, 2.45) is 5.10 Å². The molecule has 1 aromatic carbocycles. The molecule has 0 fully saturated rings. The van der Waals surface area contributed by atoms with Gasteiger partial charge in [-0.05, 0) is 34.5 Å². The molecule has 2 aromatic heterocycles. The summed E-state index contributed by atoms with van der Waals surface area (Å²) in [5.74, 6) is -0.895. The van der Waals surface area contributed by atoms with Crippen LogP contribution >= 0.6 is 22.7 Å². The molecule has 0 saturated carbocycles. The molecule has 1 unspecified atom stereocenters.